The van der Waals surface area contributed by atoms with Gasteiger partial charge in [0.25, 0.3) is 6.29 Å². The van der Waals surface area contributed by atoms with Crippen LogP contribution in [0.1, 0.15) is 277 Å². The summed E-state index contributed by atoms with van der Waals surface area (Å²) in [6.07, 6.45) is 65.0. The summed E-state index contributed by atoms with van der Waals surface area (Å²) in [6.45, 7) is 4.79. The lowest BCUT2D eigenvalue weighted by Gasteiger charge is -2.25. The van der Waals surface area contributed by atoms with Crippen LogP contribution in [-0.4, -0.2) is 87.4 Å². The second-order valence-corrected chi connectivity index (χ2v) is 21.6. The maximum Gasteiger partial charge on any atom is 0.361 e. The van der Waals surface area contributed by atoms with Crippen molar-refractivity contribution in [2.24, 2.45) is 0 Å². The highest BCUT2D eigenvalue weighted by atomic mass is 16.7. The molecule has 1 N–H and O–H groups in total. The topological polar surface area (TPSA) is 108 Å². The number of ether oxygens (including phenoxy) is 4. The van der Waals surface area contributed by atoms with Crippen molar-refractivity contribution in [1.82, 2.24) is 0 Å². The molecule has 0 aromatic heterocycles. The molecule has 0 aliphatic heterocycles. The Morgan fingerprint density at radius 1 is 0.431 bits per heavy atom. The summed E-state index contributed by atoms with van der Waals surface area (Å²) in [6, 6.07) is 0. The van der Waals surface area contributed by atoms with E-state index in [9.17, 15) is 19.5 Å². The van der Waals surface area contributed by atoms with Gasteiger partial charge in [-0.05, 0) is 51.4 Å². The van der Waals surface area contributed by atoms with Crippen molar-refractivity contribution in [2.45, 2.75) is 289 Å². The zero-order valence-corrected chi connectivity index (χ0v) is 47.8. The van der Waals surface area contributed by atoms with Gasteiger partial charge in [-0.15, -0.1) is 0 Å². The number of unbranched alkanes of at least 4 members (excludes halogenated alkanes) is 33. The Morgan fingerprint density at radius 3 is 1.18 bits per heavy atom. The number of carboxylic acid groups (broad SMARTS) is 1. The van der Waals surface area contributed by atoms with Gasteiger partial charge in [0.05, 0.1) is 34.4 Å². The molecule has 0 aliphatic rings. The quantitative estimate of drug-likeness (QED) is 0.0211. The molecule has 0 spiro atoms. The lowest BCUT2D eigenvalue weighted by Crippen LogP contribution is -2.40. The number of nitrogens with zero attached hydrogens (tertiary/aromatic N) is 1. The molecule has 0 amide bonds. The standard InChI is InChI=1S/C63H115NO8/c1-6-8-10-12-14-16-18-20-21-22-23-24-25-26-27-28-29-30-31-32-33-34-35-36-37-38-39-40-41-42-44-46-48-50-52-54-61(66)72-59(58-71-63(62(67)68)69-56-55-64(3,4)5)57-70-60(65)53-51-49-47-45-43-19-17-15-13-11-9-7-2/h8,10,14,16,20-21,23-24,59,63H,6-7,9,11-13,15,17-19,22,25-58H2,1-5H3/p+1/b10-8-,16-14-,21-20-,24-23-. The van der Waals surface area contributed by atoms with Gasteiger partial charge < -0.3 is 28.5 Å². The maximum absolute atomic E-state index is 12.9. The third-order valence-electron chi connectivity index (χ3n) is 13.3. The van der Waals surface area contributed by atoms with Crippen molar-refractivity contribution < 1.29 is 42.9 Å². The second-order valence-electron chi connectivity index (χ2n) is 21.6. The summed E-state index contributed by atoms with van der Waals surface area (Å²) in [5.74, 6) is -1.99. The first-order chi connectivity index (χ1) is 35.1. The molecule has 0 heterocycles. The number of carbonyl (C=O) groups is 3. The van der Waals surface area contributed by atoms with Gasteiger partial charge in [0, 0.05) is 12.8 Å². The first kappa shape index (κ1) is 69.2. The molecule has 72 heavy (non-hydrogen) atoms. The molecular weight excluding hydrogens is 899 g/mol. The normalized spacial score (nSPS) is 13.1. The summed E-state index contributed by atoms with van der Waals surface area (Å²) in [5, 5.41) is 9.69. The van der Waals surface area contributed by atoms with Crippen LogP contribution in [0.5, 0.6) is 0 Å². The van der Waals surface area contributed by atoms with Gasteiger partial charge in [0.1, 0.15) is 13.2 Å². The van der Waals surface area contributed by atoms with Crippen LogP contribution in [0, 0.1) is 0 Å². The first-order valence-corrected chi connectivity index (χ1v) is 30.3. The molecule has 9 nitrogen and oxygen atoms in total. The predicted molar refractivity (Wildman–Crippen MR) is 304 cm³/mol. The van der Waals surface area contributed by atoms with E-state index in [-0.39, 0.29) is 38.2 Å². The van der Waals surface area contributed by atoms with E-state index in [1.165, 1.54) is 186 Å². The fourth-order valence-corrected chi connectivity index (χ4v) is 8.71. The van der Waals surface area contributed by atoms with E-state index in [2.05, 4.69) is 62.5 Å². The van der Waals surface area contributed by atoms with Crippen LogP contribution in [0.25, 0.3) is 0 Å². The molecule has 0 bridgehead atoms. The van der Waals surface area contributed by atoms with Crippen LogP contribution in [-0.2, 0) is 33.3 Å². The van der Waals surface area contributed by atoms with Crippen LogP contribution in [0.15, 0.2) is 48.6 Å². The fraction of sp³-hybridized carbons (Fsp3) is 0.825. The number of esters is 2. The number of likely N-dealkylation sites (N-methyl/N-ethyl adjacent to an activating group) is 1. The zero-order valence-electron chi connectivity index (χ0n) is 47.8. The van der Waals surface area contributed by atoms with Crippen molar-refractivity contribution in [1.29, 1.82) is 0 Å². The monoisotopic (exact) mass is 1010 g/mol. The minimum absolute atomic E-state index is 0.176. The number of carbonyl (C=O) groups excluding carboxylic acids is 2. The van der Waals surface area contributed by atoms with Crippen LogP contribution >= 0.6 is 0 Å². The minimum atomic E-state index is -1.51. The molecule has 9 heteroatoms. The van der Waals surface area contributed by atoms with Gasteiger partial charge >= 0.3 is 17.9 Å². The number of aliphatic carboxylic acids is 1. The van der Waals surface area contributed by atoms with Crippen molar-refractivity contribution in [2.75, 3.05) is 47.5 Å². The smallest absolute Gasteiger partial charge is 0.361 e. The molecule has 420 valence electrons. The summed E-state index contributed by atoms with van der Waals surface area (Å²) in [5.41, 5.74) is 0. The van der Waals surface area contributed by atoms with E-state index in [1.807, 2.05) is 21.1 Å². The van der Waals surface area contributed by atoms with Crippen LogP contribution in [0.4, 0.5) is 0 Å². The van der Waals surface area contributed by atoms with Crippen molar-refractivity contribution in [3.05, 3.63) is 48.6 Å². The summed E-state index contributed by atoms with van der Waals surface area (Å²) < 4.78 is 22.9. The molecule has 2 unspecified atom stereocenters. The van der Waals surface area contributed by atoms with Gasteiger partial charge in [-0.1, -0.05) is 262 Å². The van der Waals surface area contributed by atoms with Crippen LogP contribution in [0.3, 0.4) is 0 Å². The third-order valence-corrected chi connectivity index (χ3v) is 13.3. The molecule has 0 aliphatic carbocycles. The molecular formula is C63H116NO8+. The number of hydrogen-bond donors (Lipinski definition) is 1. The van der Waals surface area contributed by atoms with Gasteiger partial charge in [-0.2, -0.15) is 0 Å². The highest BCUT2D eigenvalue weighted by Gasteiger charge is 2.25. The van der Waals surface area contributed by atoms with E-state index in [4.69, 9.17) is 18.9 Å². The average molecular weight is 1020 g/mol. The molecule has 0 saturated heterocycles. The van der Waals surface area contributed by atoms with E-state index in [0.29, 0.717) is 17.4 Å². The van der Waals surface area contributed by atoms with E-state index in [0.717, 1.165) is 64.2 Å². The Labute approximate surface area is 444 Å². The molecule has 0 aromatic rings. The maximum atomic E-state index is 12.9. The average Bonchev–Trinajstić information content (AvgIpc) is 3.35. The molecule has 0 saturated carbocycles. The summed E-state index contributed by atoms with van der Waals surface area (Å²) in [7, 11) is 5.97. The van der Waals surface area contributed by atoms with Crippen molar-refractivity contribution >= 4 is 17.9 Å². The molecule has 0 aromatic carbocycles. The Kier molecular flexibility index (Phi) is 52.4. The van der Waals surface area contributed by atoms with E-state index < -0.39 is 18.4 Å². The van der Waals surface area contributed by atoms with Crippen molar-refractivity contribution in [3.8, 4) is 0 Å². The Bertz CT molecular complexity index is 1320. The van der Waals surface area contributed by atoms with Gasteiger partial charge in [0.2, 0.25) is 0 Å². The Hall–Kier alpha value is -2.75. The van der Waals surface area contributed by atoms with Crippen LogP contribution < -0.4 is 0 Å². The number of quaternary nitrogens is 1. The first-order valence-electron chi connectivity index (χ1n) is 30.3. The molecule has 0 rings (SSSR count). The van der Waals surface area contributed by atoms with Crippen LogP contribution in [0.2, 0.25) is 0 Å². The van der Waals surface area contributed by atoms with Gasteiger partial charge in [0.15, 0.2) is 6.10 Å². The lowest BCUT2D eigenvalue weighted by atomic mass is 10.0. The number of carboxylic acids is 1. The second kappa shape index (κ2) is 54.5. The molecule has 0 fully saturated rings. The highest BCUT2D eigenvalue weighted by molar-refractivity contribution is 5.71. The number of hydrogen-bond acceptors (Lipinski definition) is 7. The minimum Gasteiger partial charge on any atom is -0.477 e. The molecule has 2 atom stereocenters. The predicted octanol–water partition coefficient (Wildman–Crippen LogP) is 17.9. The largest absolute Gasteiger partial charge is 0.477 e. The SMILES string of the molecule is CC/C=C\C/C=C\C/C=C\C/C=C\CCCCCCCCCCCCCCCCCCCCCCCCC(=O)OC(COC(=O)CCCCCCCCCCCCCC)COC(OCC[N+](C)(C)C)C(=O)O. The summed E-state index contributed by atoms with van der Waals surface area (Å²) in [4.78, 5) is 37.3. The lowest BCUT2D eigenvalue weighted by molar-refractivity contribution is -0.870. The van der Waals surface area contributed by atoms with Gasteiger partial charge in [-0.25, -0.2) is 4.79 Å². The number of rotatable bonds is 56. The number of allylic oxidation sites excluding steroid dienone is 8. The van der Waals surface area contributed by atoms with E-state index in [1.54, 1.807) is 0 Å². The Balaban J connectivity index is 3.99. The van der Waals surface area contributed by atoms with E-state index >= 15 is 0 Å². The fourth-order valence-electron chi connectivity index (χ4n) is 8.71. The van der Waals surface area contributed by atoms with Crippen molar-refractivity contribution in [3.63, 3.8) is 0 Å². The zero-order chi connectivity index (χ0) is 52.7. The molecule has 0 radical (unpaired) electrons. The Morgan fingerprint density at radius 2 is 0.792 bits per heavy atom. The summed E-state index contributed by atoms with van der Waals surface area (Å²) >= 11 is 0. The highest BCUT2D eigenvalue weighted by Crippen LogP contribution is 2.17. The third kappa shape index (κ3) is 55.0. The van der Waals surface area contributed by atoms with Gasteiger partial charge in [-0.3, -0.25) is 9.59 Å².